The topological polar surface area (TPSA) is 86.7 Å². The van der Waals surface area contributed by atoms with Crippen LogP contribution in [0.4, 0.5) is 5.82 Å². The van der Waals surface area contributed by atoms with Gasteiger partial charge in [-0.05, 0) is 30.0 Å². The predicted molar refractivity (Wildman–Crippen MR) is 98.1 cm³/mol. The van der Waals surface area contributed by atoms with Gasteiger partial charge in [0, 0.05) is 18.3 Å². The highest BCUT2D eigenvalue weighted by Gasteiger charge is 2.10. The van der Waals surface area contributed by atoms with Crippen molar-refractivity contribution in [1.82, 2.24) is 20.2 Å². The summed E-state index contributed by atoms with van der Waals surface area (Å²) in [7, 11) is 0. The predicted octanol–water partition coefficient (Wildman–Crippen LogP) is 3.40. The number of hydrogen-bond donors (Lipinski definition) is 3. The lowest BCUT2D eigenvalue weighted by molar-refractivity contribution is 0.282. The number of nitrogens with one attached hydrogen (secondary N) is 2. The highest BCUT2D eigenvalue weighted by Crippen LogP contribution is 2.22. The van der Waals surface area contributed by atoms with E-state index in [4.69, 9.17) is 5.11 Å². The second kappa shape index (κ2) is 7.44. The van der Waals surface area contributed by atoms with Gasteiger partial charge in [-0.3, -0.25) is 5.10 Å². The van der Waals surface area contributed by atoms with Gasteiger partial charge in [-0.2, -0.15) is 5.10 Å². The maximum atomic E-state index is 9.10. The zero-order valence-electron chi connectivity index (χ0n) is 14.7. The first kappa shape index (κ1) is 17.1. The molecule has 0 spiro atoms. The van der Waals surface area contributed by atoms with Crippen LogP contribution in [0, 0.1) is 6.92 Å². The summed E-state index contributed by atoms with van der Waals surface area (Å²) in [5, 5.41) is 19.8. The number of aliphatic hydroxyl groups excluding tert-OH is 1. The number of aryl methyl sites for hydroxylation is 1. The molecule has 25 heavy (non-hydrogen) atoms. The Bertz CT molecular complexity index is 839. The molecule has 0 aliphatic rings. The SMILES string of the molecule is Cc1nc(NCc2ccc(CO)cc2)cc(-c2cc(C(C)C)[nH]n2)n1. The minimum Gasteiger partial charge on any atom is -0.392 e. The molecule has 0 unspecified atom stereocenters. The smallest absolute Gasteiger partial charge is 0.130 e. The number of aliphatic hydroxyl groups is 1. The monoisotopic (exact) mass is 337 g/mol. The van der Waals surface area contributed by atoms with E-state index in [0.29, 0.717) is 18.3 Å². The summed E-state index contributed by atoms with van der Waals surface area (Å²) < 4.78 is 0. The minimum absolute atomic E-state index is 0.0597. The Hall–Kier alpha value is -2.73. The Morgan fingerprint density at radius 2 is 1.76 bits per heavy atom. The Balaban J connectivity index is 1.76. The van der Waals surface area contributed by atoms with Crippen LogP contribution in [0.15, 0.2) is 36.4 Å². The molecule has 0 saturated carbocycles. The number of aromatic nitrogens is 4. The molecule has 0 atom stereocenters. The van der Waals surface area contributed by atoms with Gasteiger partial charge >= 0.3 is 0 Å². The van der Waals surface area contributed by atoms with Crippen LogP contribution in [0.25, 0.3) is 11.4 Å². The van der Waals surface area contributed by atoms with Gasteiger partial charge in [0.05, 0.1) is 12.3 Å². The van der Waals surface area contributed by atoms with Gasteiger partial charge in [0.1, 0.15) is 17.3 Å². The molecule has 3 rings (SSSR count). The summed E-state index contributed by atoms with van der Waals surface area (Å²) in [5.74, 6) is 1.86. The van der Waals surface area contributed by atoms with Crippen molar-refractivity contribution in [3.63, 3.8) is 0 Å². The van der Waals surface area contributed by atoms with Gasteiger partial charge in [-0.1, -0.05) is 38.1 Å². The zero-order chi connectivity index (χ0) is 17.8. The molecule has 0 fully saturated rings. The first-order valence-electron chi connectivity index (χ1n) is 8.39. The third-order valence-corrected chi connectivity index (χ3v) is 4.00. The van der Waals surface area contributed by atoms with Crippen molar-refractivity contribution in [2.75, 3.05) is 5.32 Å². The summed E-state index contributed by atoms with van der Waals surface area (Å²) in [5.41, 5.74) is 4.74. The van der Waals surface area contributed by atoms with Gasteiger partial charge < -0.3 is 10.4 Å². The van der Waals surface area contributed by atoms with Crippen LogP contribution < -0.4 is 5.32 Å². The second-order valence-corrected chi connectivity index (χ2v) is 6.38. The van der Waals surface area contributed by atoms with Crippen molar-refractivity contribution in [1.29, 1.82) is 0 Å². The molecule has 6 nitrogen and oxygen atoms in total. The van der Waals surface area contributed by atoms with Crippen molar-refractivity contribution in [2.24, 2.45) is 0 Å². The number of rotatable bonds is 6. The van der Waals surface area contributed by atoms with E-state index in [-0.39, 0.29) is 6.61 Å². The molecular formula is C19H23N5O. The third-order valence-electron chi connectivity index (χ3n) is 4.00. The van der Waals surface area contributed by atoms with Gasteiger partial charge in [0.15, 0.2) is 0 Å². The maximum absolute atomic E-state index is 9.10. The third kappa shape index (κ3) is 4.22. The molecule has 2 aromatic heterocycles. The zero-order valence-corrected chi connectivity index (χ0v) is 14.7. The van der Waals surface area contributed by atoms with Gasteiger partial charge in [-0.15, -0.1) is 0 Å². The van der Waals surface area contributed by atoms with Gasteiger partial charge in [0.25, 0.3) is 0 Å². The molecular weight excluding hydrogens is 314 g/mol. The molecule has 0 radical (unpaired) electrons. The van der Waals surface area contributed by atoms with Crippen LogP contribution in [-0.2, 0) is 13.2 Å². The number of H-pyrrole nitrogens is 1. The normalized spacial score (nSPS) is 11.1. The summed E-state index contributed by atoms with van der Waals surface area (Å²) in [6, 6.07) is 11.8. The number of nitrogens with zero attached hydrogens (tertiary/aromatic N) is 3. The molecule has 0 saturated heterocycles. The van der Waals surface area contributed by atoms with E-state index < -0.39 is 0 Å². The van der Waals surface area contributed by atoms with E-state index in [1.54, 1.807) is 0 Å². The second-order valence-electron chi connectivity index (χ2n) is 6.38. The molecule has 3 N–H and O–H groups in total. The van der Waals surface area contributed by atoms with Crippen LogP contribution in [0.1, 0.15) is 42.4 Å². The van der Waals surface area contributed by atoms with E-state index in [1.807, 2.05) is 43.3 Å². The fourth-order valence-electron chi connectivity index (χ4n) is 2.51. The molecule has 0 aliphatic heterocycles. The van der Waals surface area contributed by atoms with Gasteiger partial charge in [-0.25, -0.2) is 9.97 Å². The quantitative estimate of drug-likeness (QED) is 0.642. The first-order chi connectivity index (χ1) is 12.0. The molecule has 2 heterocycles. The van der Waals surface area contributed by atoms with E-state index in [9.17, 15) is 0 Å². The number of anilines is 1. The molecule has 0 bridgehead atoms. The fourth-order valence-corrected chi connectivity index (χ4v) is 2.51. The standard InChI is InChI=1S/C19H23N5O/c1-12(2)16-8-18(24-23-16)17-9-19(22-13(3)21-17)20-10-14-4-6-15(11-25)7-5-14/h4-9,12,25H,10-11H2,1-3H3,(H,23,24)(H,20,21,22). The fraction of sp³-hybridized carbons (Fsp3) is 0.316. The van der Waals surface area contributed by atoms with Crippen LogP contribution in [0.5, 0.6) is 0 Å². The van der Waals surface area contributed by atoms with Crippen LogP contribution in [-0.4, -0.2) is 25.3 Å². The molecule has 3 aromatic rings. The minimum atomic E-state index is 0.0597. The highest BCUT2D eigenvalue weighted by atomic mass is 16.3. The summed E-state index contributed by atoms with van der Waals surface area (Å²) >= 11 is 0. The largest absolute Gasteiger partial charge is 0.392 e. The number of hydrogen-bond acceptors (Lipinski definition) is 5. The summed E-state index contributed by atoms with van der Waals surface area (Å²) in [6.07, 6.45) is 0. The van der Waals surface area contributed by atoms with Crippen LogP contribution in [0.3, 0.4) is 0 Å². The van der Waals surface area contributed by atoms with E-state index in [1.165, 1.54) is 0 Å². The maximum Gasteiger partial charge on any atom is 0.130 e. The van der Waals surface area contributed by atoms with Crippen LogP contribution >= 0.6 is 0 Å². The van der Waals surface area contributed by atoms with E-state index in [2.05, 4.69) is 39.3 Å². The molecule has 6 heteroatoms. The van der Waals surface area contributed by atoms with Crippen molar-refractivity contribution in [3.05, 3.63) is 59.0 Å². The summed E-state index contributed by atoms with van der Waals surface area (Å²) in [6.45, 7) is 6.83. The Morgan fingerprint density at radius 1 is 1.04 bits per heavy atom. The lowest BCUT2D eigenvalue weighted by Gasteiger charge is -2.08. The van der Waals surface area contributed by atoms with E-state index in [0.717, 1.165) is 34.0 Å². The van der Waals surface area contributed by atoms with Gasteiger partial charge in [0.2, 0.25) is 0 Å². The Labute approximate surface area is 147 Å². The summed E-state index contributed by atoms with van der Waals surface area (Å²) in [4.78, 5) is 8.94. The Kier molecular flexibility index (Phi) is 5.09. The van der Waals surface area contributed by atoms with Crippen molar-refractivity contribution < 1.29 is 5.11 Å². The average Bonchev–Trinajstić information content (AvgIpc) is 3.10. The first-order valence-corrected chi connectivity index (χ1v) is 8.39. The molecule has 0 aliphatic carbocycles. The van der Waals surface area contributed by atoms with Crippen molar-refractivity contribution in [2.45, 2.75) is 39.8 Å². The number of benzene rings is 1. The van der Waals surface area contributed by atoms with Crippen LogP contribution in [0.2, 0.25) is 0 Å². The molecule has 1 aromatic carbocycles. The highest BCUT2D eigenvalue weighted by molar-refractivity contribution is 5.59. The lowest BCUT2D eigenvalue weighted by atomic mass is 10.1. The lowest BCUT2D eigenvalue weighted by Crippen LogP contribution is -2.04. The molecule has 130 valence electrons. The van der Waals surface area contributed by atoms with Crippen molar-refractivity contribution >= 4 is 5.82 Å². The molecule has 0 amide bonds. The average molecular weight is 337 g/mol. The number of aromatic amines is 1. The Morgan fingerprint density at radius 3 is 2.40 bits per heavy atom. The van der Waals surface area contributed by atoms with E-state index >= 15 is 0 Å². The van der Waals surface area contributed by atoms with Crippen molar-refractivity contribution in [3.8, 4) is 11.4 Å².